The molecular weight excluding hydrogens is 282 g/mol. The van der Waals surface area contributed by atoms with Crippen LogP contribution in [0.3, 0.4) is 0 Å². The van der Waals surface area contributed by atoms with Crippen molar-refractivity contribution in [1.29, 1.82) is 0 Å². The number of carbonyl (C=O) groups excluding carboxylic acids is 3. The molecule has 0 aromatic carbocycles. The summed E-state index contributed by atoms with van der Waals surface area (Å²) in [7, 11) is 0. The first-order valence-electron chi connectivity index (χ1n) is 8.42. The molecule has 1 spiro atoms. The van der Waals surface area contributed by atoms with Crippen LogP contribution in [0.15, 0.2) is 0 Å². The molecule has 124 valence electrons. The summed E-state index contributed by atoms with van der Waals surface area (Å²) >= 11 is 0. The van der Waals surface area contributed by atoms with Crippen LogP contribution in [0.5, 0.6) is 0 Å². The summed E-state index contributed by atoms with van der Waals surface area (Å²) in [6, 6.07) is -0.360. The molecule has 2 aliphatic rings. The summed E-state index contributed by atoms with van der Waals surface area (Å²) in [5.74, 6) is -0.494. The third-order valence-electron chi connectivity index (χ3n) is 4.65. The second kappa shape index (κ2) is 7.11. The van der Waals surface area contributed by atoms with Gasteiger partial charge < -0.3 is 10.6 Å². The van der Waals surface area contributed by atoms with Gasteiger partial charge in [0.2, 0.25) is 5.91 Å². The number of rotatable bonds is 7. The topological polar surface area (TPSA) is 78.5 Å². The number of unbranched alkanes of at least 4 members (excludes halogenated alkanes) is 2. The van der Waals surface area contributed by atoms with Crippen LogP contribution in [0.2, 0.25) is 0 Å². The molecule has 1 heterocycles. The lowest BCUT2D eigenvalue weighted by molar-refractivity contribution is -0.135. The Kier molecular flexibility index (Phi) is 5.42. The first-order chi connectivity index (χ1) is 10.5. The highest BCUT2D eigenvalue weighted by Crippen LogP contribution is 2.34. The lowest BCUT2D eigenvalue weighted by Gasteiger charge is -2.20. The Balaban J connectivity index is 1.83. The van der Waals surface area contributed by atoms with E-state index >= 15 is 0 Å². The van der Waals surface area contributed by atoms with E-state index in [0.717, 1.165) is 43.4 Å². The molecule has 1 atom stereocenters. The number of carbonyl (C=O) groups is 3. The fourth-order valence-corrected chi connectivity index (χ4v) is 3.37. The molecule has 1 saturated heterocycles. The zero-order valence-corrected chi connectivity index (χ0v) is 13.6. The average Bonchev–Trinajstić information content (AvgIpc) is 3.01. The van der Waals surface area contributed by atoms with Crippen molar-refractivity contribution in [3.63, 3.8) is 0 Å². The Morgan fingerprint density at radius 2 is 2.00 bits per heavy atom. The Morgan fingerprint density at radius 3 is 2.64 bits per heavy atom. The number of hydrogen-bond donors (Lipinski definition) is 2. The summed E-state index contributed by atoms with van der Waals surface area (Å²) in [5.41, 5.74) is -0.732. The highest BCUT2D eigenvalue weighted by Gasteiger charge is 2.52. The van der Waals surface area contributed by atoms with Gasteiger partial charge in [-0.2, -0.15) is 0 Å². The summed E-state index contributed by atoms with van der Waals surface area (Å²) in [5, 5.41) is 5.66. The summed E-state index contributed by atoms with van der Waals surface area (Å²) in [4.78, 5) is 37.5. The van der Waals surface area contributed by atoms with Crippen molar-refractivity contribution in [1.82, 2.24) is 15.5 Å². The smallest absolute Gasteiger partial charge is 0.325 e. The van der Waals surface area contributed by atoms with E-state index in [-0.39, 0.29) is 24.4 Å². The maximum Gasteiger partial charge on any atom is 0.325 e. The molecular formula is C16H27N3O3. The van der Waals surface area contributed by atoms with Gasteiger partial charge in [-0.1, -0.05) is 39.0 Å². The van der Waals surface area contributed by atoms with Crippen LogP contribution >= 0.6 is 0 Å². The molecule has 0 bridgehead atoms. The molecule has 1 aliphatic heterocycles. The van der Waals surface area contributed by atoms with Gasteiger partial charge >= 0.3 is 6.03 Å². The van der Waals surface area contributed by atoms with E-state index in [2.05, 4.69) is 17.6 Å². The van der Waals surface area contributed by atoms with Gasteiger partial charge in [-0.15, -0.1) is 0 Å². The monoisotopic (exact) mass is 309 g/mol. The standard InChI is InChI=1S/C16H27N3O3/c1-3-4-5-8-12(2)17-13(20)11-19-14(21)16(18-15(19)22)9-6-7-10-16/h12H,3-11H2,1-2H3,(H,17,20)(H,18,22). The lowest BCUT2D eigenvalue weighted by atomic mass is 9.98. The van der Waals surface area contributed by atoms with Crippen molar-refractivity contribution in [2.75, 3.05) is 6.54 Å². The average molecular weight is 309 g/mol. The summed E-state index contributed by atoms with van der Waals surface area (Å²) in [6.45, 7) is 3.92. The highest BCUT2D eigenvalue weighted by molar-refractivity contribution is 6.09. The molecule has 2 N–H and O–H groups in total. The maximum absolute atomic E-state index is 12.4. The lowest BCUT2D eigenvalue weighted by Crippen LogP contribution is -2.46. The van der Waals surface area contributed by atoms with Crippen molar-refractivity contribution in [3.05, 3.63) is 0 Å². The van der Waals surface area contributed by atoms with E-state index in [1.165, 1.54) is 0 Å². The number of amides is 4. The number of hydrogen-bond acceptors (Lipinski definition) is 3. The molecule has 2 fully saturated rings. The molecule has 22 heavy (non-hydrogen) atoms. The molecule has 6 heteroatoms. The fraction of sp³-hybridized carbons (Fsp3) is 0.812. The van der Waals surface area contributed by atoms with E-state index in [4.69, 9.17) is 0 Å². The largest absolute Gasteiger partial charge is 0.352 e. The Bertz CT molecular complexity index is 444. The first kappa shape index (κ1) is 16.8. The van der Waals surface area contributed by atoms with Crippen LogP contribution in [0.1, 0.15) is 65.2 Å². The van der Waals surface area contributed by atoms with E-state index in [1.54, 1.807) is 0 Å². The zero-order chi connectivity index (χ0) is 16.2. The predicted molar refractivity (Wildman–Crippen MR) is 83.2 cm³/mol. The van der Waals surface area contributed by atoms with E-state index < -0.39 is 11.6 Å². The molecule has 6 nitrogen and oxygen atoms in total. The number of nitrogens with zero attached hydrogens (tertiary/aromatic N) is 1. The minimum atomic E-state index is -0.732. The predicted octanol–water partition coefficient (Wildman–Crippen LogP) is 1.94. The van der Waals surface area contributed by atoms with Crippen molar-refractivity contribution >= 4 is 17.8 Å². The van der Waals surface area contributed by atoms with Gasteiger partial charge in [0.1, 0.15) is 12.1 Å². The van der Waals surface area contributed by atoms with Crippen LogP contribution in [0, 0.1) is 0 Å². The van der Waals surface area contributed by atoms with Gasteiger partial charge in [-0.05, 0) is 26.2 Å². The van der Waals surface area contributed by atoms with Gasteiger partial charge in [0.15, 0.2) is 0 Å². The number of imide groups is 1. The molecule has 1 aliphatic carbocycles. The second-order valence-electron chi connectivity index (χ2n) is 6.58. The van der Waals surface area contributed by atoms with Gasteiger partial charge in [0.25, 0.3) is 5.91 Å². The van der Waals surface area contributed by atoms with Gasteiger partial charge in [0, 0.05) is 6.04 Å². The van der Waals surface area contributed by atoms with Crippen molar-refractivity contribution in [3.8, 4) is 0 Å². The molecule has 0 aromatic rings. The first-order valence-corrected chi connectivity index (χ1v) is 8.42. The zero-order valence-electron chi connectivity index (χ0n) is 13.6. The van der Waals surface area contributed by atoms with Crippen LogP contribution < -0.4 is 10.6 Å². The SMILES string of the molecule is CCCCCC(C)NC(=O)CN1C(=O)NC2(CCCC2)C1=O. The Hall–Kier alpha value is -1.59. The molecule has 2 rings (SSSR count). The van der Waals surface area contributed by atoms with Crippen molar-refractivity contribution in [2.24, 2.45) is 0 Å². The molecule has 0 radical (unpaired) electrons. The normalized spacial score (nSPS) is 21.3. The molecule has 1 saturated carbocycles. The van der Waals surface area contributed by atoms with Crippen molar-refractivity contribution in [2.45, 2.75) is 76.8 Å². The third-order valence-corrected chi connectivity index (χ3v) is 4.65. The fourth-order valence-electron chi connectivity index (χ4n) is 3.37. The molecule has 1 unspecified atom stereocenters. The number of nitrogens with one attached hydrogen (secondary N) is 2. The Morgan fingerprint density at radius 1 is 1.32 bits per heavy atom. The van der Waals surface area contributed by atoms with Gasteiger partial charge in [-0.25, -0.2) is 4.79 Å². The molecule has 0 aromatic heterocycles. The van der Waals surface area contributed by atoms with Gasteiger partial charge in [0.05, 0.1) is 0 Å². The van der Waals surface area contributed by atoms with E-state index in [1.807, 2.05) is 6.92 Å². The minimum Gasteiger partial charge on any atom is -0.352 e. The van der Waals surface area contributed by atoms with Crippen LogP contribution in [-0.4, -0.2) is 40.9 Å². The van der Waals surface area contributed by atoms with E-state index in [0.29, 0.717) is 12.8 Å². The van der Waals surface area contributed by atoms with Crippen LogP contribution in [0.25, 0.3) is 0 Å². The second-order valence-corrected chi connectivity index (χ2v) is 6.58. The summed E-state index contributed by atoms with van der Waals surface area (Å²) in [6.07, 6.45) is 7.54. The van der Waals surface area contributed by atoms with Crippen LogP contribution in [-0.2, 0) is 9.59 Å². The third kappa shape index (κ3) is 3.59. The highest BCUT2D eigenvalue weighted by atomic mass is 16.2. The van der Waals surface area contributed by atoms with Crippen LogP contribution in [0.4, 0.5) is 4.79 Å². The number of urea groups is 1. The Labute approximate surface area is 132 Å². The molecule has 4 amide bonds. The summed E-state index contributed by atoms with van der Waals surface area (Å²) < 4.78 is 0. The minimum absolute atomic E-state index is 0.0697. The van der Waals surface area contributed by atoms with E-state index in [9.17, 15) is 14.4 Å². The quantitative estimate of drug-likeness (QED) is 0.557. The van der Waals surface area contributed by atoms with Gasteiger partial charge in [-0.3, -0.25) is 14.5 Å². The van der Waals surface area contributed by atoms with Crippen molar-refractivity contribution < 1.29 is 14.4 Å². The maximum atomic E-state index is 12.4.